The largest absolute Gasteiger partial charge is 0.380 e. The van der Waals surface area contributed by atoms with E-state index < -0.39 is 0 Å². The van der Waals surface area contributed by atoms with E-state index in [1.165, 1.54) is 13.4 Å². The molecule has 0 aromatic carbocycles. The Bertz CT molecular complexity index is 207. The lowest BCUT2D eigenvalue weighted by molar-refractivity contribution is 1.48. The first kappa shape index (κ1) is 7.34. The fourth-order valence-corrected chi connectivity index (χ4v) is 2.57. The maximum absolute atomic E-state index is 3.13. The fourth-order valence-electron chi connectivity index (χ4n) is 0.691. The van der Waals surface area contributed by atoms with Crippen molar-refractivity contribution < 1.29 is 0 Å². The van der Waals surface area contributed by atoms with Crippen LogP contribution in [-0.2, 0) is 0 Å². The molecule has 1 aromatic rings. The smallest absolute Gasteiger partial charge is 0.0920 e. The summed E-state index contributed by atoms with van der Waals surface area (Å²) in [5, 5.41) is 4.41. The first-order chi connectivity index (χ1) is 4.24. The molecule has 1 N–H and O–H groups in total. The highest BCUT2D eigenvalue weighted by Crippen LogP contribution is 2.27. The molecule has 1 rings (SSSR count). The molecule has 9 heavy (non-hydrogen) atoms. The van der Waals surface area contributed by atoms with Crippen molar-refractivity contribution in [2.45, 2.75) is 6.92 Å². The highest BCUT2D eigenvalue weighted by molar-refractivity contribution is 14.1. The maximum atomic E-state index is 3.13. The molecule has 0 atom stereocenters. The minimum Gasteiger partial charge on any atom is -0.380 e. The summed E-state index contributed by atoms with van der Waals surface area (Å²) in [7, 11) is 1.95. The molecule has 0 fully saturated rings. The summed E-state index contributed by atoms with van der Waals surface area (Å²) >= 11 is 4.12. The van der Waals surface area contributed by atoms with Crippen LogP contribution in [0.2, 0.25) is 0 Å². The Hall–Kier alpha value is 0.230. The van der Waals surface area contributed by atoms with E-state index in [4.69, 9.17) is 0 Å². The summed E-state index contributed by atoms with van der Waals surface area (Å²) in [6, 6.07) is 2.18. The highest BCUT2D eigenvalue weighted by Gasteiger charge is 1.98. The number of thiophene rings is 1. The molecular formula is C6H8INS. The molecule has 0 spiro atoms. The van der Waals surface area contributed by atoms with Crippen LogP contribution >= 0.6 is 33.9 Å². The first-order valence-electron chi connectivity index (χ1n) is 2.67. The Balaban J connectivity index is 3.01. The highest BCUT2D eigenvalue weighted by atomic mass is 127. The van der Waals surface area contributed by atoms with Crippen molar-refractivity contribution in [3.8, 4) is 0 Å². The normalized spacial score (nSPS) is 9.67. The molecule has 1 heterocycles. The van der Waals surface area contributed by atoms with Crippen molar-refractivity contribution >= 4 is 38.9 Å². The van der Waals surface area contributed by atoms with Gasteiger partial charge in [0.2, 0.25) is 0 Å². The molecule has 0 radical (unpaired) electrons. The Kier molecular flexibility index (Phi) is 2.35. The van der Waals surface area contributed by atoms with Crippen molar-refractivity contribution in [1.82, 2.24) is 0 Å². The van der Waals surface area contributed by atoms with Gasteiger partial charge in [0.15, 0.2) is 0 Å². The molecule has 0 aliphatic carbocycles. The van der Waals surface area contributed by atoms with Crippen LogP contribution in [0.15, 0.2) is 6.07 Å². The SMILES string of the molecule is CNc1sc(I)cc1C. The van der Waals surface area contributed by atoms with Gasteiger partial charge in [-0.2, -0.15) is 0 Å². The van der Waals surface area contributed by atoms with Gasteiger partial charge >= 0.3 is 0 Å². The van der Waals surface area contributed by atoms with Gasteiger partial charge < -0.3 is 5.32 Å². The van der Waals surface area contributed by atoms with Crippen molar-refractivity contribution in [2.24, 2.45) is 0 Å². The van der Waals surface area contributed by atoms with Crippen molar-refractivity contribution in [1.29, 1.82) is 0 Å². The molecule has 0 aliphatic heterocycles. The lowest BCUT2D eigenvalue weighted by atomic mass is 10.4. The summed E-state index contributed by atoms with van der Waals surface area (Å²) in [4.78, 5) is 0. The van der Waals surface area contributed by atoms with Gasteiger partial charge in [-0.05, 0) is 41.1 Å². The number of anilines is 1. The average Bonchev–Trinajstić information content (AvgIpc) is 2.10. The lowest BCUT2D eigenvalue weighted by Gasteiger charge is -1.92. The quantitative estimate of drug-likeness (QED) is 0.759. The molecule has 3 heteroatoms. The van der Waals surface area contributed by atoms with E-state index >= 15 is 0 Å². The van der Waals surface area contributed by atoms with E-state index in [-0.39, 0.29) is 0 Å². The van der Waals surface area contributed by atoms with Crippen molar-refractivity contribution in [3.05, 3.63) is 14.5 Å². The molecule has 0 aliphatic rings. The van der Waals surface area contributed by atoms with Crippen LogP contribution in [0.3, 0.4) is 0 Å². The number of aryl methyl sites for hydroxylation is 1. The monoisotopic (exact) mass is 253 g/mol. The molecule has 0 bridgehead atoms. The van der Waals surface area contributed by atoms with Crippen LogP contribution in [-0.4, -0.2) is 7.05 Å². The van der Waals surface area contributed by atoms with Gasteiger partial charge in [0, 0.05) is 7.05 Å². The predicted octanol–water partition coefficient (Wildman–Crippen LogP) is 2.70. The number of rotatable bonds is 1. The van der Waals surface area contributed by atoms with Crippen LogP contribution in [0, 0.1) is 9.81 Å². The van der Waals surface area contributed by atoms with Crippen LogP contribution in [0.25, 0.3) is 0 Å². The van der Waals surface area contributed by atoms with E-state index in [1.807, 2.05) is 7.05 Å². The molecule has 1 aromatic heterocycles. The van der Waals surface area contributed by atoms with Crippen LogP contribution in [0.5, 0.6) is 0 Å². The molecule has 1 nitrogen and oxygen atoms in total. The second kappa shape index (κ2) is 2.88. The van der Waals surface area contributed by atoms with Crippen LogP contribution < -0.4 is 5.32 Å². The van der Waals surface area contributed by atoms with Crippen molar-refractivity contribution in [3.63, 3.8) is 0 Å². The van der Waals surface area contributed by atoms with E-state index in [1.54, 1.807) is 11.3 Å². The maximum Gasteiger partial charge on any atom is 0.0920 e. The predicted molar refractivity (Wildman–Crippen MR) is 51.3 cm³/mol. The Labute approximate surface area is 72.6 Å². The zero-order valence-electron chi connectivity index (χ0n) is 5.36. The van der Waals surface area contributed by atoms with Gasteiger partial charge in [-0.15, -0.1) is 11.3 Å². The minimum absolute atomic E-state index is 1.28. The summed E-state index contributed by atoms with van der Waals surface area (Å²) in [6.07, 6.45) is 0. The van der Waals surface area contributed by atoms with E-state index in [9.17, 15) is 0 Å². The molecule has 50 valence electrons. The van der Waals surface area contributed by atoms with E-state index in [2.05, 4.69) is 40.9 Å². The van der Waals surface area contributed by atoms with Gasteiger partial charge in [0.25, 0.3) is 0 Å². The second-order valence-corrected chi connectivity index (χ2v) is 4.76. The zero-order valence-corrected chi connectivity index (χ0v) is 8.34. The number of nitrogens with one attached hydrogen (secondary N) is 1. The van der Waals surface area contributed by atoms with Gasteiger partial charge in [0.1, 0.15) is 0 Å². The molecule has 0 amide bonds. The van der Waals surface area contributed by atoms with E-state index in [0.717, 1.165) is 0 Å². The average molecular weight is 253 g/mol. The van der Waals surface area contributed by atoms with Gasteiger partial charge in [-0.3, -0.25) is 0 Å². The van der Waals surface area contributed by atoms with Crippen LogP contribution in [0.4, 0.5) is 5.00 Å². The minimum atomic E-state index is 1.28. The van der Waals surface area contributed by atoms with Crippen molar-refractivity contribution in [2.75, 3.05) is 12.4 Å². The second-order valence-electron chi connectivity index (χ2n) is 1.81. The third kappa shape index (κ3) is 1.58. The first-order valence-corrected chi connectivity index (χ1v) is 4.57. The van der Waals surface area contributed by atoms with Gasteiger partial charge in [-0.1, -0.05) is 0 Å². The summed E-state index contributed by atoms with van der Waals surface area (Å²) < 4.78 is 1.34. The standard InChI is InChI=1S/C6H8INS/c1-4-3-5(7)9-6(4)8-2/h3,8H,1-2H3. The lowest BCUT2D eigenvalue weighted by Crippen LogP contribution is -1.83. The van der Waals surface area contributed by atoms with Gasteiger partial charge in [0.05, 0.1) is 7.88 Å². The molecular weight excluding hydrogens is 245 g/mol. The Morgan fingerprint density at radius 3 is 2.56 bits per heavy atom. The van der Waals surface area contributed by atoms with Gasteiger partial charge in [-0.25, -0.2) is 0 Å². The third-order valence-electron chi connectivity index (χ3n) is 1.11. The Morgan fingerprint density at radius 1 is 1.67 bits per heavy atom. The zero-order chi connectivity index (χ0) is 6.85. The summed E-state index contributed by atoms with van der Waals surface area (Å²) in [5.41, 5.74) is 1.34. The summed E-state index contributed by atoms with van der Waals surface area (Å²) in [6.45, 7) is 2.12. The fraction of sp³-hybridized carbons (Fsp3) is 0.333. The van der Waals surface area contributed by atoms with Crippen LogP contribution in [0.1, 0.15) is 5.56 Å². The molecule has 0 saturated carbocycles. The Morgan fingerprint density at radius 2 is 2.33 bits per heavy atom. The number of hydrogen-bond acceptors (Lipinski definition) is 2. The molecule has 0 unspecified atom stereocenters. The summed E-state index contributed by atoms with van der Waals surface area (Å²) in [5.74, 6) is 0. The van der Waals surface area contributed by atoms with E-state index in [0.29, 0.717) is 0 Å². The molecule has 0 saturated heterocycles. The topological polar surface area (TPSA) is 12.0 Å². The third-order valence-corrected chi connectivity index (χ3v) is 3.13. The number of hydrogen-bond donors (Lipinski definition) is 1. The number of halogens is 1.